The third-order valence-electron chi connectivity index (χ3n) is 6.15. The van der Waals surface area contributed by atoms with Crippen LogP contribution in [-0.4, -0.2) is 81.3 Å². The second kappa shape index (κ2) is 8.23. The van der Waals surface area contributed by atoms with Gasteiger partial charge in [0.15, 0.2) is 5.75 Å². The topological polar surface area (TPSA) is 92.2 Å². The van der Waals surface area contributed by atoms with Gasteiger partial charge in [-0.1, -0.05) is 30.3 Å². The average molecular weight is 456 g/mol. The van der Waals surface area contributed by atoms with Crippen LogP contribution in [0.15, 0.2) is 58.6 Å². The SMILES string of the molecule is C=S(=O)(c1cnc2c(c1)OCCO2)N1CC2=C(CN(C(=O)[C@H](CO)c3ccccc3)C2)C1. The van der Waals surface area contributed by atoms with Gasteiger partial charge in [-0.2, -0.15) is 0 Å². The van der Waals surface area contributed by atoms with Crippen molar-refractivity contribution in [3.63, 3.8) is 0 Å². The number of aliphatic hydroxyl groups excluding tert-OH is 1. The van der Waals surface area contributed by atoms with Crippen LogP contribution in [0.25, 0.3) is 0 Å². The Balaban J connectivity index is 1.27. The highest BCUT2D eigenvalue weighted by molar-refractivity contribution is 7.98. The average Bonchev–Trinajstić information content (AvgIpc) is 3.40. The number of pyridine rings is 1. The fourth-order valence-corrected chi connectivity index (χ4v) is 5.92. The number of nitrogens with zero attached hydrogens (tertiary/aromatic N) is 3. The number of hydrogen-bond donors (Lipinski definition) is 1. The molecule has 0 aliphatic carbocycles. The van der Waals surface area contributed by atoms with Gasteiger partial charge in [-0.3, -0.25) is 4.79 Å². The van der Waals surface area contributed by atoms with Crippen LogP contribution in [0.1, 0.15) is 11.5 Å². The molecule has 1 N–H and O–H groups in total. The minimum Gasteiger partial charge on any atom is -0.484 e. The summed E-state index contributed by atoms with van der Waals surface area (Å²) in [5.41, 5.74) is 2.98. The van der Waals surface area contributed by atoms with E-state index in [9.17, 15) is 14.1 Å². The molecule has 0 saturated heterocycles. The first-order valence-corrected chi connectivity index (χ1v) is 12.2. The predicted octanol–water partition coefficient (Wildman–Crippen LogP) is 1.07. The van der Waals surface area contributed by atoms with Crippen molar-refractivity contribution in [2.45, 2.75) is 10.8 Å². The molecule has 1 unspecified atom stereocenters. The van der Waals surface area contributed by atoms with E-state index in [0.29, 0.717) is 55.9 Å². The van der Waals surface area contributed by atoms with E-state index in [2.05, 4.69) is 10.9 Å². The molecule has 0 spiro atoms. The van der Waals surface area contributed by atoms with E-state index < -0.39 is 15.6 Å². The Kier molecular flexibility index (Phi) is 5.40. The highest BCUT2D eigenvalue weighted by Gasteiger charge is 2.37. The Bertz CT molecular complexity index is 1160. The van der Waals surface area contributed by atoms with Gasteiger partial charge in [-0.25, -0.2) is 13.5 Å². The van der Waals surface area contributed by atoms with Crippen molar-refractivity contribution in [3.8, 4) is 11.6 Å². The molecular weight excluding hydrogens is 430 g/mol. The molecule has 1 aromatic heterocycles. The molecule has 1 aromatic carbocycles. The van der Waals surface area contributed by atoms with Crippen LogP contribution >= 0.6 is 0 Å². The highest BCUT2D eigenvalue weighted by atomic mass is 32.2. The number of carbonyl (C=O) groups excluding carboxylic acids is 1. The van der Waals surface area contributed by atoms with Crippen LogP contribution < -0.4 is 9.47 Å². The third-order valence-corrected chi connectivity index (χ3v) is 8.20. The minimum absolute atomic E-state index is 0.0916. The van der Waals surface area contributed by atoms with E-state index in [0.717, 1.165) is 16.7 Å². The molecule has 32 heavy (non-hydrogen) atoms. The summed E-state index contributed by atoms with van der Waals surface area (Å²) in [6.07, 6.45) is 1.54. The van der Waals surface area contributed by atoms with E-state index in [1.807, 2.05) is 34.6 Å². The summed E-state index contributed by atoms with van der Waals surface area (Å²) in [4.78, 5) is 19.6. The maximum atomic E-state index is 13.6. The monoisotopic (exact) mass is 455 g/mol. The number of carbonyl (C=O) groups is 1. The van der Waals surface area contributed by atoms with Crippen LogP contribution in [-0.2, 0) is 14.5 Å². The summed E-state index contributed by atoms with van der Waals surface area (Å²) in [7, 11) is -2.77. The van der Waals surface area contributed by atoms with Crippen LogP contribution in [0.2, 0.25) is 0 Å². The summed E-state index contributed by atoms with van der Waals surface area (Å²) in [6, 6.07) is 11.0. The lowest BCUT2D eigenvalue weighted by atomic mass is 9.98. The molecule has 3 aliphatic rings. The first-order valence-electron chi connectivity index (χ1n) is 10.5. The fraction of sp³-hybridized carbons (Fsp3) is 0.348. The summed E-state index contributed by atoms with van der Waals surface area (Å²) in [5, 5.41) is 9.83. The van der Waals surface area contributed by atoms with Gasteiger partial charge >= 0.3 is 0 Å². The standard InChI is InChI=1S/C23H25N3O5S/c1-32(29,19-9-21-22(24-10-19)31-8-7-30-21)26-13-17-11-25(12-18(17)14-26)23(28)20(15-27)16-5-3-2-4-6-16/h2-6,9-10,20,27H,1,7-8,11-15H2/t20-,32?/m1/s1. The van der Waals surface area contributed by atoms with Crippen LogP contribution in [0.5, 0.6) is 11.6 Å². The van der Waals surface area contributed by atoms with Crippen LogP contribution in [0, 0.1) is 0 Å². The van der Waals surface area contributed by atoms with Crippen molar-refractivity contribution >= 4 is 21.5 Å². The van der Waals surface area contributed by atoms with E-state index >= 15 is 0 Å². The Morgan fingerprint density at radius 2 is 1.81 bits per heavy atom. The molecule has 2 aromatic rings. The van der Waals surface area contributed by atoms with E-state index in [1.165, 1.54) is 6.20 Å². The molecule has 5 rings (SSSR count). The van der Waals surface area contributed by atoms with Crippen molar-refractivity contribution in [1.29, 1.82) is 0 Å². The first-order chi connectivity index (χ1) is 15.5. The van der Waals surface area contributed by atoms with E-state index in [4.69, 9.17) is 9.47 Å². The van der Waals surface area contributed by atoms with Gasteiger partial charge in [0, 0.05) is 38.4 Å². The number of ether oxygens (including phenoxy) is 2. The number of aliphatic hydroxyl groups is 1. The van der Waals surface area contributed by atoms with Gasteiger partial charge in [0.05, 0.1) is 27.1 Å². The second-order valence-corrected chi connectivity index (χ2v) is 10.4. The third kappa shape index (κ3) is 3.66. The smallest absolute Gasteiger partial charge is 0.257 e. The zero-order valence-electron chi connectivity index (χ0n) is 17.6. The second-order valence-electron chi connectivity index (χ2n) is 8.16. The Hall–Kier alpha value is -2.88. The van der Waals surface area contributed by atoms with Crippen molar-refractivity contribution in [3.05, 3.63) is 59.3 Å². The van der Waals surface area contributed by atoms with Gasteiger partial charge < -0.3 is 19.5 Å². The Morgan fingerprint density at radius 1 is 1.12 bits per heavy atom. The number of amides is 1. The normalized spacial score (nSPS) is 20.7. The molecule has 0 bridgehead atoms. The predicted molar refractivity (Wildman–Crippen MR) is 120 cm³/mol. The molecule has 168 valence electrons. The minimum atomic E-state index is -2.77. The summed E-state index contributed by atoms with van der Waals surface area (Å²) < 4.78 is 26.5. The van der Waals surface area contributed by atoms with Crippen LogP contribution in [0.3, 0.4) is 0 Å². The number of fused-ring (bicyclic) bond motifs is 1. The molecule has 2 atom stereocenters. The van der Waals surface area contributed by atoms with Gasteiger partial charge in [0.1, 0.15) is 13.2 Å². The lowest BCUT2D eigenvalue weighted by Gasteiger charge is -2.28. The van der Waals surface area contributed by atoms with Gasteiger partial charge in [0.25, 0.3) is 5.88 Å². The fourth-order valence-electron chi connectivity index (χ4n) is 4.38. The molecule has 8 nitrogen and oxygen atoms in total. The Morgan fingerprint density at radius 3 is 2.50 bits per heavy atom. The van der Waals surface area contributed by atoms with Crippen molar-refractivity contribution in [2.75, 3.05) is 46.0 Å². The number of rotatable bonds is 5. The largest absolute Gasteiger partial charge is 0.484 e. The van der Waals surface area contributed by atoms with E-state index in [-0.39, 0.29) is 12.5 Å². The maximum absolute atomic E-state index is 13.6. The number of hydrogen-bond acceptors (Lipinski definition) is 6. The molecule has 0 radical (unpaired) electrons. The number of benzene rings is 1. The van der Waals surface area contributed by atoms with E-state index in [1.54, 1.807) is 11.0 Å². The van der Waals surface area contributed by atoms with Gasteiger partial charge in [0.2, 0.25) is 5.91 Å². The highest BCUT2D eigenvalue weighted by Crippen LogP contribution is 2.34. The summed E-state index contributed by atoms with van der Waals surface area (Å²) in [6.45, 7) is 2.54. The van der Waals surface area contributed by atoms with Crippen LogP contribution in [0.4, 0.5) is 0 Å². The summed E-state index contributed by atoms with van der Waals surface area (Å²) >= 11 is 0. The zero-order valence-corrected chi connectivity index (χ0v) is 18.4. The lowest BCUT2D eigenvalue weighted by Crippen LogP contribution is -2.39. The van der Waals surface area contributed by atoms with Crippen molar-refractivity contribution in [1.82, 2.24) is 14.2 Å². The molecule has 0 fully saturated rings. The quantitative estimate of drug-likeness (QED) is 0.536. The van der Waals surface area contributed by atoms with Crippen molar-refractivity contribution < 1.29 is 23.6 Å². The molecule has 3 aliphatic heterocycles. The molecule has 4 heterocycles. The zero-order chi connectivity index (χ0) is 22.3. The molecule has 1 amide bonds. The Labute approximate surface area is 187 Å². The summed E-state index contributed by atoms with van der Waals surface area (Å²) in [5.74, 6) is 4.23. The molecular formula is C23H25N3O5S. The molecule has 9 heteroatoms. The maximum Gasteiger partial charge on any atom is 0.257 e. The molecule has 0 saturated carbocycles. The van der Waals surface area contributed by atoms with Crippen molar-refractivity contribution in [2.24, 2.45) is 0 Å². The lowest BCUT2D eigenvalue weighted by molar-refractivity contribution is -0.132. The van der Waals surface area contributed by atoms with Gasteiger partial charge in [-0.05, 0) is 22.6 Å². The first kappa shape index (κ1) is 21.0. The number of aromatic nitrogens is 1. The van der Waals surface area contributed by atoms with Gasteiger partial charge in [-0.15, -0.1) is 0 Å².